The summed E-state index contributed by atoms with van der Waals surface area (Å²) in [7, 11) is -3.15. The van der Waals surface area contributed by atoms with E-state index in [-0.39, 0.29) is 23.0 Å². The molecule has 124 valence electrons. The average molecular weight is 334 g/mol. The van der Waals surface area contributed by atoms with Crippen molar-refractivity contribution in [3.05, 3.63) is 35.4 Å². The summed E-state index contributed by atoms with van der Waals surface area (Å²) in [5.74, 6) is 0.124. The molecule has 2 atom stereocenters. The van der Waals surface area contributed by atoms with Crippen LogP contribution in [-0.2, 0) is 21.4 Å². The summed E-state index contributed by atoms with van der Waals surface area (Å²) in [5, 5.41) is -0.181. The Bertz CT molecular complexity index is 742. The lowest BCUT2D eigenvalue weighted by Gasteiger charge is -2.21. The molecule has 2 heterocycles. The van der Waals surface area contributed by atoms with E-state index < -0.39 is 10.0 Å². The third kappa shape index (κ3) is 2.68. The van der Waals surface area contributed by atoms with Gasteiger partial charge in [-0.3, -0.25) is 4.79 Å². The van der Waals surface area contributed by atoms with Crippen LogP contribution < -0.4 is 0 Å². The smallest absolute Gasteiger partial charge is 0.227 e. The van der Waals surface area contributed by atoms with Gasteiger partial charge in [-0.25, -0.2) is 12.7 Å². The Labute approximate surface area is 137 Å². The largest absolute Gasteiger partial charge is 0.338 e. The Morgan fingerprint density at radius 3 is 2.61 bits per heavy atom. The molecule has 5 nitrogen and oxygen atoms in total. The first-order valence-corrected chi connectivity index (χ1v) is 9.79. The molecule has 0 N–H and O–H groups in total. The first-order valence-electron chi connectivity index (χ1n) is 8.28. The fraction of sp³-hybridized carbons (Fsp3) is 0.588. The Hall–Kier alpha value is -1.40. The van der Waals surface area contributed by atoms with E-state index in [9.17, 15) is 13.2 Å². The van der Waals surface area contributed by atoms with Gasteiger partial charge in [-0.05, 0) is 25.3 Å². The minimum absolute atomic E-state index is 0.116. The lowest BCUT2D eigenvalue weighted by atomic mass is 10.0. The average Bonchev–Trinajstić information content (AvgIpc) is 3.21. The molecule has 0 aromatic heterocycles. The summed E-state index contributed by atoms with van der Waals surface area (Å²) in [4.78, 5) is 14.5. The lowest BCUT2D eigenvalue weighted by Crippen LogP contribution is -2.36. The summed E-state index contributed by atoms with van der Waals surface area (Å²) in [5.41, 5.74) is 2.33. The molecule has 4 rings (SSSR count). The van der Waals surface area contributed by atoms with Crippen LogP contribution in [0, 0.1) is 18.8 Å². The van der Waals surface area contributed by atoms with Crippen molar-refractivity contribution in [2.45, 2.75) is 31.6 Å². The van der Waals surface area contributed by atoms with Gasteiger partial charge in [0.25, 0.3) is 0 Å². The Morgan fingerprint density at radius 2 is 1.96 bits per heavy atom. The third-order valence-corrected chi connectivity index (χ3v) is 7.58. The maximum atomic E-state index is 12.6. The van der Waals surface area contributed by atoms with E-state index >= 15 is 0 Å². The van der Waals surface area contributed by atoms with E-state index in [4.69, 9.17) is 0 Å². The van der Waals surface area contributed by atoms with Crippen molar-refractivity contribution in [2.24, 2.45) is 11.8 Å². The normalized spacial score (nSPS) is 28.4. The van der Waals surface area contributed by atoms with Gasteiger partial charge < -0.3 is 4.90 Å². The third-order valence-electron chi connectivity index (χ3n) is 5.25. The van der Waals surface area contributed by atoms with Crippen LogP contribution in [0.3, 0.4) is 0 Å². The highest BCUT2D eigenvalue weighted by molar-refractivity contribution is 7.90. The van der Waals surface area contributed by atoms with Crippen molar-refractivity contribution in [1.29, 1.82) is 0 Å². The van der Waals surface area contributed by atoms with Gasteiger partial charge in [0.1, 0.15) is 0 Å². The fourth-order valence-electron chi connectivity index (χ4n) is 3.86. The molecule has 0 unspecified atom stereocenters. The molecule has 23 heavy (non-hydrogen) atoms. The minimum Gasteiger partial charge on any atom is -0.338 e. The summed E-state index contributed by atoms with van der Waals surface area (Å²) in [6.07, 6.45) is 1.56. The number of carbonyl (C=O) groups excluding carboxylic acids is 1. The molecular formula is C17H22N2O3S. The number of fused-ring (bicyclic) bond motifs is 1. The van der Waals surface area contributed by atoms with Crippen molar-refractivity contribution in [3.63, 3.8) is 0 Å². The number of carbonyl (C=O) groups is 1. The van der Waals surface area contributed by atoms with E-state index in [1.807, 2.05) is 30.0 Å². The maximum absolute atomic E-state index is 12.6. The van der Waals surface area contributed by atoms with Crippen LogP contribution in [0.2, 0.25) is 0 Å². The summed E-state index contributed by atoms with van der Waals surface area (Å²) >= 11 is 0. The zero-order valence-corrected chi connectivity index (χ0v) is 14.1. The second-order valence-corrected chi connectivity index (χ2v) is 9.35. The maximum Gasteiger partial charge on any atom is 0.227 e. The first-order chi connectivity index (χ1) is 10.9. The van der Waals surface area contributed by atoms with Gasteiger partial charge in [0.05, 0.1) is 11.2 Å². The van der Waals surface area contributed by atoms with E-state index in [1.54, 1.807) is 4.31 Å². The van der Waals surface area contributed by atoms with Crippen LogP contribution >= 0.6 is 0 Å². The van der Waals surface area contributed by atoms with Crippen LogP contribution in [-0.4, -0.2) is 48.4 Å². The van der Waals surface area contributed by atoms with Gasteiger partial charge >= 0.3 is 0 Å². The van der Waals surface area contributed by atoms with Crippen molar-refractivity contribution in [2.75, 3.05) is 19.6 Å². The highest BCUT2D eigenvalue weighted by Crippen LogP contribution is 2.39. The molecule has 1 saturated carbocycles. The van der Waals surface area contributed by atoms with Gasteiger partial charge in [0, 0.05) is 32.1 Å². The molecule has 2 saturated heterocycles. The minimum atomic E-state index is -3.15. The number of benzene rings is 1. The second kappa shape index (κ2) is 5.31. The van der Waals surface area contributed by atoms with Gasteiger partial charge in [0.2, 0.25) is 15.9 Å². The van der Waals surface area contributed by atoms with Crippen molar-refractivity contribution in [3.8, 4) is 0 Å². The number of likely N-dealkylation sites (tertiary alicyclic amines) is 1. The summed E-state index contributed by atoms with van der Waals surface area (Å²) in [6.45, 7) is 4.24. The highest BCUT2D eigenvalue weighted by Gasteiger charge is 2.51. The number of nitrogens with zero attached hydrogens (tertiary/aromatic N) is 2. The number of hydrogen-bond acceptors (Lipinski definition) is 3. The number of hydrogen-bond donors (Lipinski definition) is 0. The number of aryl methyl sites for hydroxylation is 1. The van der Waals surface area contributed by atoms with Crippen LogP contribution in [0.5, 0.6) is 0 Å². The Morgan fingerprint density at radius 1 is 1.17 bits per heavy atom. The van der Waals surface area contributed by atoms with Crippen LogP contribution in [0.15, 0.2) is 24.3 Å². The summed E-state index contributed by atoms with van der Waals surface area (Å²) < 4.78 is 26.3. The second-order valence-electron chi connectivity index (χ2n) is 7.14. The molecule has 0 bridgehead atoms. The molecule has 2 aliphatic heterocycles. The first kappa shape index (κ1) is 15.1. The predicted octanol–water partition coefficient (Wildman–Crippen LogP) is 1.38. The topological polar surface area (TPSA) is 57.7 Å². The lowest BCUT2D eigenvalue weighted by molar-refractivity contribution is -0.131. The van der Waals surface area contributed by atoms with E-state index in [0.717, 1.165) is 18.4 Å². The molecule has 1 amide bonds. The molecule has 3 fully saturated rings. The van der Waals surface area contributed by atoms with Crippen molar-refractivity contribution >= 4 is 15.9 Å². The van der Waals surface area contributed by atoms with Crippen molar-refractivity contribution in [1.82, 2.24) is 9.21 Å². The Kier molecular flexibility index (Phi) is 3.50. The van der Waals surface area contributed by atoms with E-state index in [2.05, 4.69) is 6.07 Å². The molecule has 0 radical (unpaired) electrons. The quantitative estimate of drug-likeness (QED) is 0.836. The van der Waals surface area contributed by atoms with Crippen LogP contribution in [0.4, 0.5) is 0 Å². The van der Waals surface area contributed by atoms with Crippen LogP contribution in [0.1, 0.15) is 24.0 Å². The standard InChI is InChI=1S/C17H22N2O3S/c1-12-3-2-4-13(7-12)8-18-9-14-10-19(11-16(14)17(18)20)23(21,22)15-5-6-15/h2-4,7,14-16H,5-6,8-11H2,1H3/t14-,16+/m1/s1. The zero-order chi connectivity index (χ0) is 16.2. The molecular weight excluding hydrogens is 312 g/mol. The molecule has 6 heteroatoms. The summed E-state index contributed by atoms with van der Waals surface area (Å²) in [6, 6.07) is 8.20. The van der Waals surface area contributed by atoms with Crippen LogP contribution in [0.25, 0.3) is 0 Å². The predicted molar refractivity (Wildman–Crippen MR) is 87.1 cm³/mol. The monoisotopic (exact) mass is 334 g/mol. The fourth-order valence-corrected chi connectivity index (χ4v) is 5.78. The van der Waals surface area contributed by atoms with Crippen molar-refractivity contribution < 1.29 is 13.2 Å². The molecule has 1 aromatic carbocycles. The van der Waals surface area contributed by atoms with E-state index in [0.29, 0.717) is 26.2 Å². The molecule has 0 spiro atoms. The zero-order valence-electron chi connectivity index (χ0n) is 13.3. The number of sulfonamides is 1. The number of rotatable bonds is 4. The number of amides is 1. The molecule has 3 aliphatic rings. The van der Waals surface area contributed by atoms with Gasteiger partial charge in [-0.15, -0.1) is 0 Å². The molecule has 1 aliphatic carbocycles. The van der Waals surface area contributed by atoms with Gasteiger partial charge in [0.15, 0.2) is 0 Å². The molecule has 1 aromatic rings. The SMILES string of the molecule is Cc1cccc(CN2C[C@@H]3CN(S(=O)(=O)C4CC4)C[C@@H]3C2=O)c1. The van der Waals surface area contributed by atoms with Gasteiger partial charge in [-0.1, -0.05) is 29.8 Å². The van der Waals surface area contributed by atoms with E-state index in [1.165, 1.54) is 5.56 Å². The Balaban J connectivity index is 1.44. The van der Waals surface area contributed by atoms with Gasteiger partial charge in [-0.2, -0.15) is 0 Å². The highest BCUT2D eigenvalue weighted by atomic mass is 32.2.